The van der Waals surface area contributed by atoms with Crippen molar-refractivity contribution >= 4 is 11.8 Å². The number of hydrogen-bond acceptors (Lipinski definition) is 7. The highest BCUT2D eigenvalue weighted by molar-refractivity contribution is 8.00. The Hall–Kier alpha value is 0.110. The van der Waals surface area contributed by atoms with Crippen LogP contribution >= 0.6 is 11.8 Å². The molecule has 122 valence electrons. The number of nitrogens with one attached hydrogen (secondary N) is 1. The quantitative estimate of drug-likeness (QED) is 0.793. The largest absolute Gasteiger partial charge is 0.387 e. The van der Waals surface area contributed by atoms with Crippen molar-refractivity contribution in [2.45, 2.75) is 69.1 Å². The van der Waals surface area contributed by atoms with Crippen molar-refractivity contribution in [2.24, 2.45) is 0 Å². The maximum Gasteiger partial charge on any atom is 0.164 e. The van der Waals surface area contributed by atoms with Gasteiger partial charge in [0.05, 0.1) is 12.0 Å². The minimum absolute atomic E-state index is 0.141. The van der Waals surface area contributed by atoms with Crippen molar-refractivity contribution in [1.29, 1.82) is 0 Å². The standard InChI is InChI=1S/C14H25NO5S/c1-13(2)17-7-8(18-13)9(16)10-11(12-15-5-6-21-12)20-14(3,4)19-10/h8-12,15-16H,5-7H2,1-4H3/t8-,9-,10+,11+,12+/m1/s1. The van der Waals surface area contributed by atoms with Crippen LogP contribution in [0.25, 0.3) is 0 Å². The zero-order valence-corrected chi connectivity index (χ0v) is 13.8. The molecule has 0 saturated carbocycles. The van der Waals surface area contributed by atoms with Gasteiger partial charge in [-0.3, -0.25) is 0 Å². The third-order valence-corrected chi connectivity index (χ3v) is 5.19. The molecule has 3 aliphatic heterocycles. The van der Waals surface area contributed by atoms with E-state index in [0.717, 1.165) is 12.3 Å². The second kappa shape index (κ2) is 5.63. The highest BCUT2D eigenvalue weighted by Crippen LogP contribution is 2.38. The molecule has 0 bridgehead atoms. The van der Waals surface area contributed by atoms with Gasteiger partial charge in [-0.1, -0.05) is 0 Å². The molecule has 0 aliphatic carbocycles. The van der Waals surface area contributed by atoms with E-state index in [2.05, 4.69) is 5.32 Å². The molecule has 3 rings (SSSR count). The number of hydrogen-bond donors (Lipinski definition) is 2. The van der Waals surface area contributed by atoms with E-state index < -0.39 is 29.9 Å². The van der Waals surface area contributed by atoms with E-state index in [1.54, 1.807) is 11.8 Å². The summed E-state index contributed by atoms with van der Waals surface area (Å²) in [6, 6.07) is 0. The first-order chi connectivity index (χ1) is 9.77. The van der Waals surface area contributed by atoms with Gasteiger partial charge in [-0.15, -0.1) is 11.8 Å². The number of rotatable bonds is 3. The van der Waals surface area contributed by atoms with E-state index in [1.807, 2.05) is 27.7 Å². The Bertz CT molecular complexity index is 386. The van der Waals surface area contributed by atoms with Crippen molar-refractivity contribution in [1.82, 2.24) is 5.32 Å². The molecule has 0 unspecified atom stereocenters. The summed E-state index contributed by atoms with van der Waals surface area (Å²) in [6.45, 7) is 8.77. The van der Waals surface area contributed by atoms with Crippen molar-refractivity contribution in [3.63, 3.8) is 0 Å². The molecule has 0 radical (unpaired) electrons. The molecule has 0 aromatic heterocycles. The fourth-order valence-electron chi connectivity index (χ4n) is 3.07. The van der Waals surface area contributed by atoms with E-state index in [0.29, 0.717) is 6.61 Å². The third-order valence-electron chi connectivity index (χ3n) is 3.95. The molecule has 0 amide bonds. The Labute approximate surface area is 129 Å². The lowest BCUT2D eigenvalue weighted by Crippen LogP contribution is -2.50. The summed E-state index contributed by atoms with van der Waals surface area (Å²) < 4.78 is 23.3. The SMILES string of the molecule is CC1(C)O[C@@H]([C@H](O)[C@H]2COC(C)(C)O2)[C@@H]([C@H]2NCCS2)O1. The normalized spacial score (nSPS) is 43.3. The second-order valence-electron chi connectivity index (χ2n) is 6.67. The Balaban J connectivity index is 1.72. The van der Waals surface area contributed by atoms with Gasteiger partial charge in [0.2, 0.25) is 0 Å². The minimum Gasteiger partial charge on any atom is -0.387 e. The molecule has 3 heterocycles. The minimum atomic E-state index is -0.776. The predicted molar refractivity (Wildman–Crippen MR) is 79.0 cm³/mol. The van der Waals surface area contributed by atoms with Crippen LogP contribution in [0.15, 0.2) is 0 Å². The third kappa shape index (κ3) is 3.39. The summed E-state index contributed by atoms with van der Waals surface area (Å²) in [4.78, 5) is 0. The van der Waals surface area contributed by atoms with E-state index in [1.165, 1.54) is 0 Å². The van der Waals surface area contributed by atoms with Crippen molar-refractivity contribution in [3.8, 4) is 0 Å². The van der Waals surface area contributed by atoms with Gasteiger partial charge >= 0.3 is 0 Å². The highest BCUT2D eigenvalue weighted by atomic mass is 32.2. The van der Waals surface area contributed by atoms with Crippen molar-refractivity contribution in [2.75, 3.05) is 18.9 Å². The molecule has 6 nitrogen and oxygen atoms in total. The number of ether oxygens (including phenoxy) is 4. The number of aliphatic hydroxyl groups is 1. The summed E-state index contributed by atoms with van der Waals surface area (Å²) in [7, 11) is 0. The first kappa shape index (κ1) is 16.0. The molecule has 21 heavy (non-hydrogen) atoms. The lowest BCUT2D eigenvalue weighted by atomic mass is 10.0. The Morgan fingerprint density at radius 2 is 1.90 bits per heavy atom. The maximum absolute atomic E-state index is 10.7. The van der Waals surface area contributed by atoms with Crippen LogP contribution in [0, 0.1) is 0 Å². The predicted octanol–water partition coefficient (Wildman–Crippen LogP) is 0.681. The summed E-state index contributed by atoms with van der Waals surface area (Å²) in [6.07, 6.45) is -1.79. The smallest absolute Gasteiger partial charge is 0.164 e. The molecule has 5 atom stereocenters. The maximum atomic E-state index is 10.7. The average molecular weight is 319 g/mol. The molecule has 0 aromatic carbocycles. The van der Waals surface area contributed by atoms with Gasteiger partial charge in [0.1, 0.15) is 24.4 Å². The van der Waals surface area contributed by atoms with Crippen molar-refractivity contribution in [3.05, 3.63) is 0 Å². The van der Waals surface area contributed by atoms with E-state index in [9.17, 15) is 5.11 Å². The van der Waals surface area contributed by atoms with Gasteiger partial charge in [-0.2, -0.15) is 0 Å². The fourth-order valence-corrected chi connectivity index (χ4v) is 4.19. The van der Waals surface area contributed by atoms with E-state index >= 15 is 0 Å². The molecule has 0 aromatic rings. The average Bonchev–Trinajstić information content (AvgIpc) is 3.06. The summed E-state index contributed by atoms with van der Waals surface area (Å²) >= 11 is 1.80. The van der Waals surface area contributed by atoms with Crippen LogP contribution in [0.3, 0.4) is 0 Å². The second-order valence-corrected chi connectivity index (χ2v) is 7.92. The number of thioether (sulfide) groups is 1. The summed E-state index contributed by atoms with van der Waals surface area (Å²) in [5.41, 5.74) is 0. The van der Waals surface area contributed by atoms with Gasteiger partial charge in [-0.25, -0.2) is 0 Å². The zero-order valence-electron chi connectivity index (χ0n) is 13.0. The molecule has 3 fully saturated rings. The van der Waals surface area contributed by atoms with Crippen LogP contribution in [0.2, 0.25) is 0 Å². The molecule has 3 aliphatic rings. The molecule has 2 N–H and O–H groups in total. The first-order valence-corrected chi connectivity index (χ1v) is 8.53. The Morgan fingerprint density at radius 3 is 2.48 bits per heavy atom. The van der Waals surface area contributed by atoms with Crippen LogP contribution in [0.5, 0.6) is 0 Å². The monoisotopic (exact) mass is 319 g/mol. The van der Waals surface area contributed by atoms with Gasteiger partial charge in [-0.05, 0) is 27.7 Å². The molecule has 0 spiro atoms. The van der Waals surface area contributed by atoms with Gasteiger partial charge in [0.25, 0.3) is 0 Å². The van der Waals surface area contributed by atoms with Gasteiger partial charge in [0.15, 0.2) is 11.6 Å². The van der Waals surface area contributed by atoms with Crippen LogP contribution in [-0.2, 0) is 18.9 Å². The molecule has 7 heteroatoms. The van der Waals surface area contributed by atoms with Crippen LogP contribution in [0.4, 0.5) is 0 Å². The fraction of sp³-hybridized carbons (Fsp3) is 1.00. The Kier molecular flexibility index (Phi) is 4.29. The highest BCUT2D eigenvalue weighted by Gasteiger charge is 2.52. The van der Waals surface area contributed by atoms with Crippen LogP contribution < -0.4 is 5.32 Å². The molecular weight excluding hydrogens is 294 g/mol. The zero-order chi connectivity index (χ0) is 15.3. The van der Waals surface area contributed by atoms with Crippen LogP contribution in [-0.4, -0.2) is 65.4 Å². The molecular formula is C14H25NO5S. The van der Waals surface area contributed by atoms with E-state index in [4.69, 9.17) is 18.9 Å². The first-order valence-electron chi connectivity index (χ1n) is 7.48. The topological polar surface area (TPSA) is 69.2 Å². The lowest BCUT2D eigenvalue weighted by molar-refractivity contribution is -0.178. The number of aliphatic hydroxyl groups excluding tert-OH is 1. The van der Waals surface area contributed by atoms with E-state index in [-0.39, 0.29) is 11.5 Å². The van der Waals surface area contributed by atoms with Crippen LogP contribution in [0.1, 0.15) is 27.7 Å². The Morgan fingerprint density at radius 1 is 1.14 bits per heavy atom. The van der Waals surface area contributed by atoms with Gasteiger partial charge in [0, 0.05) is 12.3 Å². The van der Waals surface area contributed by atoms with Gasteiger partial charge < -0.3 is 29.4 Å². The lowest BCUT2D eigenvalue weighted by Gasteiger charge is -2.29. The summed E-state index contributed by atoms with van der Waals surface area (Å²) in [5, 5.41) is 14.2. The summed E-state index contributed by atoms with van der Waals surface area (Å²) in [5.74, 6) is -0.309. The molecule has 3 saturated heterocycles. The van der Waals surface area contributed by atoms with Crippen molar-refractivity contribution < 1.29 is 24.1 Å².